The van der Waals surface area contributed by atoms with Crippen LogP contribution < -0.4 is 0 Å². The van der Waals surface area contributed by atoms with Crippen molar-refractivity contribution in [2.75, 3.05) is 0 Å². The molecule has 1 fully saturated rings. The van der Waals surface area contributed by atoms with Crippen molar-refractivity contribution in [1.82, 2.24) is 0 Å². The van der Waals surface area contributed by atoms with E-state index in [9.17, 15) is 0 Å². The Morgan fingerprint density at radius 2 is 1.67 bits per heavy atom. The van der Waals surface area contributed by atoms with Crippen molar-refractivity contribution in [3.8, 4) is 0 Å². The summed E-state index contributed by atoms with van der Waals surface area (Å²) in [7, 11) is -1.29. The molecule has 0 heterocycles. The molecule has 0 bridgehead atoms. The Kier molecular flexibility index (Phi) is 6.29. The van der Waals surface area contributed by atoms with Crippen LogP contribution in [0.3, 0.4) is 0 Å². The molecule has 1 aromatic carbocycles. The molecule has 1 heteroatoms. The van der Waals surface area contributed by atoms with Crippen LogP contribution in [0.1, 0.15) is 51.0 Å². The van der Waals surface area contributed by atoms with E-state index in [1.807, 2.05) is 0 Å². The van der Waals surface area contributed by atoms with Gasteiger partial charge in [-0.05, 0) is 24.4 Å². The van der Waals surface area contributed by atoms with Crippen molar-refractivity contribution in [3.63, 3.8) is 0 Å². The molecule has 1 aliphatic carbocycles. The molecule has 0 nitrogen and oxygen atoms in total. The fourth-order valence-corrected chi connectivity index (χ4v) is 8.02. The molecule has 0 unspecified atom stereocenters. The molecule has 1 atom stereocenters. The first kappa shape index (κ1) is 16.5. The van der Waals surface area contributed by atoms with Gasteiger partial charge in [-0.1, -0.05) is 99.7 Å². The summed E-state index contributed by atoms with van der Waals surface area (Å²) in [6.07, 6.45) is 13.6. The molecule has 2 rings (SSSR count). The van der Waals surface area contributed by atoms with Crippen LogP contribution in [-0.2, 0) is 6.04 Å². The summed E-state index contributed by atoms with van der Waals surface area (Å²) in [5.74, 6) is 0.939. The molecule has 0 spiro atoms. The van der Waals surface area contributed by atoms with Gasteiger partial charge in [0.15, 0.2) is 0 Å². The highest BCUT2D eigenvalue weighted by atomic mass is 28.3. The first-order valence-corrected chi connectivity index (χ1v) is 12.1. The highest BCUT2D eigenvalue weighted by Crippen LogP contribution is 2.40. The minimum Gasteiger partial charge on any atom is -0.0917 e. The lowest BCUT2D eigenvalue weighted by Crippen LogP contribution is -2.38. The average molecular weight is 301 g/mol. The van der Waals surface area contributed by atoms with Crippen LogP contribution in [0.25, 0.3) is 0 Å². The highest BCUT2D eigenvalue weighted by Gasteiger charge is 2.35. The van der Waals surface area contributed by atoms with E-state index in [1.165, 1.54) is 50.1 Å². The Morgan fingerprint density at radius 1 is 1.05 bits per heavy atom. The summed E-state index contributed by atoms with van der Waals surface area (Å²) in [5, 5.41) is 0. The Labute approximate surface area is 132 Å². The summed E-state index contributed by atoms with van der Waals surface area (Å²) >= 11 is 0. The number of benzene rings is 1. The molecule has 1 aliphatic rings. The minimum absolute atomic E-state index is 0.848. The molecule has 116 valence electrons. The van der Waals surface area contributed by atoms with E-state index < -0.39 is 8.07 Å². The first-order valence-electron chi connectivity index (χ1n) is 8.80. The van der Waals surface area contributed by atoms with Gasteiger partial charge in [-0.2, -0.15) is 0 Å². The zero-order chi connectivity index (χ0) is 15.1. The summed E-state index contributed by atoms with van der Waals surface area (Å²) < 4.78 is 0. The van der Waals surface area contributed by atoms with Crippen molar-refractivity contribution < 1.29 is 0 Å². The van der Waals surface area contributed by atoms with E-state index in [2.05, 4.69) is 62.5 Å². The second-order valence-corrected chi connectivity index (χ2v) is 12.5. The molecule has 0 aliphatic heterocycles. The monoisotopic (exact) mass is 300 g/mol. The van der Waals surface area contributed by atoms with Crippen LogP contribution >= 0.6 is 0 Å². The largest absolute Gasteiger partial charge is 0.0917 e. The van der Waals surface area contributed by atoms with Gasteiger partial charge in [0, 0.05) is 0 Å². The molecule has 0 aromatic heterocycles. The quantitative estimate of drug-likeness (QED) is 0.335. The van der Waals surface area contributed by atoms with E-state index >= 15 is 0 Å². The smallest absolute Gasteiger partial charge is 0.0590 e. The van der Waals surface area contributed by atoms with Crippen LogP contribution in [0.4, 0.5) is 0 Å². The van der Waals surface area contributed by atoms with E-state index in [-0.39, 0.29) is 0 Å². The van der Waals surface area contributed by atoms with Gasteiger partial charge in [0.1, 0.15) is 0 Å². The number of rotatable bonds is 5. The third kappa shape index (κ3) is 4.84. The molecule has 21 heavy (non-hydrogen) atoms. The highest BCUT2D eigenvalue weighted by molar-refractivity contribution is 6.78. The first-order chi connectivity index (χ1) is 10.1. The van der Waals surface area contributed by atoms with Gasteiger partial charge in [-0.25, -0.2) is 0 Å². The van der Waals surface area contributed by atoms with Crippen molar-refractivity contribution in [1.29, 1.82) is 0 Å². The minimum atomic E-state index is -1.29. The standard InChI is InChI=1S/C20H32Si/c1-4-12-20(19-15-10-5-6-11-16-19)21(2,3)17-18-13-8-7-9-14-18/h4,7-9,12-14,19-20H,5-6,10-11,15-17H2,1-3H3/b12-4+/t20-/m0/s1. The number of hydrogen-bond donors (Lipinski definition) is 0. The van der Waals surface area contributed by atoms with Crippen molar-refractivity contribution >= 4 is 8.07 Å². The van der Waals surface area contributed by atoms with Crippen molar-refractivity contribution in [2.24, 2.45) is 5.92 Å². The number of allylic oxidation sites excluding steroid dienone is 2. The van der Waals surface area contributed by atoms with Gasteiger partial charge < -0.3 is 0 Å². The summed E-state index contributed by atoms with van der Waals surface area (Å²) in [4.78, 5) is 0. The Bertz CT molecular complexity index is 424. The van der Waals surface area contributed by atoms with Crippen molar-refractivity contribution in [2.45, 2.75) is 70.1 Å². The molecular formula is C20H32Si. The maximum absolute atomic E-state index is 2.61. The summed E-state index contributed by atoms with van der Waals surface area (Å²) in [6, 6.07) is 12.5. The molecule has 0 saturated heterocycles. The van der Waals surface area contributed by atoms with E-state index in [0.29, 0.717) is 0 Å². The van der Waals surface area contributed by atoms with Gasteiger partial charge in [0.2, 0.25) is 0 Å². The molecular weight excluding hydrogens is 268 g/mol. The van der Waals surface area contributed by atoms with Gasteiger partial charge in [-0.3, -0.25) is 0 Å². The maximum atomic E-state index is 2.61. The van der Waals surface area contributed by atoms with E-state index in [1.54, 1.807) is 0 Å². The second-order valence-electron chi connectivity index (χ2n) is 7.45. The Balaban J connectivity index is 2.14. The lowest BCUT2D eigenvalue weighted by molar-refractivity contribution is 0.456. The lowest BCUT2D eigenvalue weighted by Gasteiger charge is -2.36. The molecule has 1 saturated carbocycles. The van der Waals surface area contributed by atoms with Crippen LogP contribution in [0, 0.1) is 5.92 Å². The van der Waals surface area contributed by atoms with Crippen LogP contribution in [0.15, 0.2) is 42.5 Å². The van der Waals surface area contributed by atoms with E-state index in [4.69, 9.17) is 0 Å². The maximum Gasteiger partial charge on any atom is 0.0590 e. The van der Waals surface area contributed by atoms with E-state index in [0.717, 1.165) is 11.5 Å². The fourth-order valence-electron chi connectivity index (χ4n) is 4.17. The van der Waals surface area contributed by atoms with Gasteiger partial charge in [0.25, 0.3) is 0 Å². The third-order valence-corrected chi connectivity index (χ3v) is 9.00. The summed E-state index contributed by atoms with van der Waals surface area (Å²) in [5.41, 5.74) is 2.39. The van der Waals surface area contributed by atoms with Crippen LogP contribution in [-0.4, -0.2) is 8.07 Å². The van der Waals surface area contributed by atoms with Crippen LogP contribution in [0.2, 0.25) is 18.6 Å². The lowest BCUT2D eigenvalue weighted by atomic mass is 9.96. The molecule has 0 N–H and O–H groups in total. The Hall–Kier alpha value is -0.823. The molecule has 1 aromatic rings. The summed E-state index contributed by atoms with van der Waals surface area (Å²) in [6.45, 7) is 7.42. The van der Waals surface area contributed by atoms with Gasteiger partial charge >= 0.3 is 0 Å². The zero-order valence-corrected chi connectivity index (χ0v) is 15.1. The van der Waals surface area contributed by atoms with Gasteiger partial charge in [0.05, 0.1) is 8.07 Å². The molecule has 0 amide bonds. The normalized spacial score (nSPS) is 19.6. The predicted molar refractivity (Wildman–Crippen MR) is 97.4 cm³/mol. The van der Waals surface area contributed by atoms with Gasteiger partial charge in [-0.15, -0.1) is 0 Å². The number of hydrogen-bond acceptors (Lipinski definition) is 0. The molecule has 0 radical (unpaired) electrons. The topological polar surface area (TPSA) is 0 Å². The predicted octanol–water partition coefficient (Wildman–Crippen LogP) is 6.39. The second kappa shape index (κ2) is 7.98. The average Bonchev–Trinajstić information content (AvgIpc) is 2.74. The fraction of sp³-hybridized carbons (Fsp3) is 0.600. The SMILES string of the molecule is C/C=C/[C@@H](C1CCCCCC1)[Si](C)(C)Cc1ccccc1. The Morgan fingerprint density at radius 3 is 2.24 bits per heavy atom. The third-order valence-electron chi connectivity index (χ3n) is 5.21. The zero-order valence-electron chi connectivity index (χ0n) is 14.1. The van der Waals surface area contributed by atoms with Crippen molar-refractivity contribution in [3.05, 3.63) is 48.0 Å². The van der Waals surface area contributed by atoms with Crippen LogP contribution in [0.5, 0.6) is 0 Å².